The zero-order chi connectivity index (χ0) is 13.9. The van der Waals surface area contributed by atoms with Crippen LogP contribution in [0.4, 0.5) is 0 Å². The molecule has 3 heteroatoms. The fraction of sp³-hybridized carbons (Fsp3) is 0.294. The lowest BCUT2D eigenvalue weighted by Crippen LogP contribution is -2.29. The van der Waals surface area contributed by atoms with Crippen molar-refractivity contribution in [3.63, 3.8) is 0 Å². The van der Waals surface area contributed by atoms with Gasteiger partial charge >= 0.3 is 0 Å². The largest absolute Gasteiger partial charge is 0.497 e. The number of ether oxygens (including phenoxy) is 1. The Kier molecular flexibility index (Phi) is 4.08. The molecule has 0 saturated heterocycles. The van der Waals surface area contributed by atoms with Crippen molar-refractivity contribution in [1.29, 1.82) is 0 Å². The van der Waals surface area contributed by atoms with Crippen molar-refractivity contribution in [2.75, 3.05) is 7.11 Å². The quantitative estimate of drug-likeness (QED) is 0.921. The highest BCUT2D eigenvalue weighted by Crippen LogP contribution is 2.24. The summed E-state index contributed by atoms with van der Waals surface area (Å²) in [5.41, 5.74) is 4.20. The topological polar surface area (TPSA) is 21.3 Å². The Morgan fingerprint density at radius 2 is 1.85 bits per heavy atom. The van der Waals surface area contributed by atoms with Crippen molar-refractivity contribution >= 4 is 15.9 Å². The van der Waals surface area contributed by atoms with E-state index in [1.54, 1.807) is 7.11 Å². The van der Waals surface area contributed by atoms with Crippen LogP contribution in [0.3, 0.4) is 0 Å². The van der Waals surface area contributed by atoms with Crippen LogP contribution in [-0.2, 0) is 19.4 Å². The molecule has 0 atom stereocenters. The van der Waals surface area contributed by atoms with Crippen LogP contribution in [0.1, 0.15) is 16.7 Å². The number of hydrogen-bond acceptors (Lipinski definition) is 2. The molecule has 2 aromatic carbocycles. The summed E-state index contributed by atoms with van der Waals surface area (Å²) in [4.78, 5) is 0. The molecule has 0 fully saturated rings. The lowest BCUT2D eigenvalue weighted by atomic mass is 10.1. The lowest BCUT2D eigenvalue weighted by molar-refractivity contribution is 0.413. The molecule has 1 N–H and O–H groups in total. The van der Waals surface area contributed by atoms with Gasteiger partial charge in [0.25, 0.3) is 0 Å². The van der Waals surface area contributed by atoms with Crippen molar-refractivity contribution in [2.24, 2.45) is 0 Å². The van der Waals surface area contributed by atoms with E-state index in [-0.39, 0.29) is 0 Å². The molecule has 0 amide bonds. The van der Waals surface area contributed by atoms with Crippen LogP contribution in [-0.4, -0.2) is 13.2 Å². The second kappa shape index (κ2) is 5.98. The maximum Gasteiger partial charge on any atom is 0.119 e. The molecule has 1 aliphatic rings. The van der Waals surface area contributed by atoms with Gasteiger partial charge in [0.1, 0.15) is 5.75 Å². The molecular weight excluding hydrogens is 314 g/mol. The molecule has 1 aliphatic carbocycles. The Morgan fingerprint density at radius 3 is 2.50 bits per heavy atom. The number of nitrogens with one attached hydrogen (secondary N) is 1. The van der Waals surface area contributed by atoms with Gasteiger partial charge < -0.3 is 10.1 Å². The molecule has 2 aromatic rings. The molecular formula is C17H18BrNO. The smallest absolute Gasteiger partial charge is 0.119 e. The van der Waals surface area contributed by atoms with E-state index in [1.165, 1.54) is 16.7 Å². The number of halogens is 1. The molecule has 20 heavy (non-hydrogen) atoms. The predicted molar refractivity (Wildman–Crippen MR) is 85.2 cm³/mol. The number of hydrogen-bond donors (Lipinski definition) is 1. The first-order valence-electron chi connectivity index (χ1n) is 6.89. The molecule has 0 heterocycles. The standard InChI is InChI=1S/C17H18BrNO/c1-20-16-6-7-17(18)14(10-16)11-19-15-8-12-4-2-3-5-13(12)9-15/h2-7,10,15,19H,8-9,11H2,1H3. The second-order valence-corrected chi connectivity index (χ2v) is 6.07. The molecule has 104 valence electrons. The van der Waals surface area contributed by atoms with Crippen molar-refractivity contribution in [2.45, 2.75) is 25.4 Å². The molecule has 0 spiro atoms. The zero-order valence-corrected chi connectivity index (χ0v) is 13.1. The molecule has 0 radical (unpaired) electrons. The van der Waals surface area contributed by atoms with Gasteiger partial charge in [-0.3, -0.25) is 0 Å². The van der Waals surface area contributed by atoms with E-state index >= 15 is 0 Å². The number of fused-ring (bicyclic) bond motifs is 1. The minimum Gasteiger partial charge on any atom is -0.497 e. The minimum atomic E-state index is 0.533. The third-order valence-corrected chi connectivity index (χ3v) is 4.66. The third kappa shape index (κ3) is 2.89. The Bertz CT molecular complexity index is 587. The van der Waals surface area contributed by atoms with Gasteiger partial charge in [0.05, 0.1) is 7.11 Å². The minimum absolute atomic E-state index is 0.533. The lowest BCUT2D eigenvalue weighted by Gasteiger charge is -2.13. The molecule has 0 aromatic heterocycles. The maximum absolute atomic E-state index is 5.28. The highest BCUT2D eigenvalue weighted by Gasteiger charge is 2.20. The van der Waals surface area contributed by atoms with E-state index < -0.39 is 0 Å². The monoisotopic (exact) mass is 331 g/mol. The van der Waals surface area contributed by atoms with Crippen molar-refractivity contribution in [3.05, 3.63) is 63.6 Å². The first-order valence-corrected chi connectivity index (χ1v) is 7.68. The molecule has 3 rings (SSSR count). The van der Waals surface area contributed by atoms with Gasteiger partial charge in [0.15, 0.2) is 0 Å². The van der Waals surface area contributed by atoms with Crippen LogP contribution >= 0.6 is 15.9 Å². The van der Waals surface area contributed by atoms with Gasteiger partial charge in [-0.05, 0) is 47.7 Å². The van der Waals surface area contributed by atoms with E-state index in [2.05, 4.69) is 51.6 Å². The maximum atomic E-state index is 5.28. The Morgan fingerprint density at radius 1 is 1.15 bits per heavy atom. The van der Waals surface area contributed by atoms with Gasteiger partial charge in [0.2, 0.25) is 0 Å². The van der Waals surface area contributed by atoms with Crippen LogP contribution < -0.4 is 10.1 Å². The predicted octanol–water partition coefficient (Wildman–Crippen LogP) is 3.71. The average Bonchev–Trinajstić information content (AvgIpc) is 2.89. The van der Waals surface area contributed by atoms with Gasteiger partial charge in [-0.25, -0.2) is 0 Å². The van der Waals surface area contributed by atoms with Gasteiger partial charge in [-0.1, -0.05) is 40.2 Å². The second-order valence-electron chi connectivity index (χ2n) is 5.21. The first-order chi connectivity index (χ1) is 9.76. The van der Waals surface area contributed by atoms with Crippen LogP contribution in [0.15, 0.2) is 46.9 Å². The van der Waals surface area contributed by atoms with E-state index in [0.29, 0.717) is 6.04 Å². The Labute approximate surface area is 128 Å². The molecule has 2 nitrogen and oxygen atoms in total. The van der Waals surface area contributed by atoms with E-state index in [0.717, 1.165) is 29.6 Å². The van der Waals surface area contributed by atoms with Crippen molar-refractivity contribution in [1.82, 2.24) is 5.32 Å². The van der Waals surface area contributed by atoms with Crippen LogP contribution in [0, 0.1) is 0 Å². The van der Waals surface area contributed by atoms with Crippen LogP contribution in [0.2, 0.25) is 0 Å². The van der Waals surface area contributed by atoms with E-state index in [1.807, 2.05) is 12.1 Å². The molecule has 0 bridgehead atoms. The number of rotatable bonds is 4. The summed E-state index contributed by atoms with van der Waals surface area (Å²) in [7, 11) is 1.70. The van der Waals surface area contributed by atoms with Gasteiger partial charge in [-0.2, -0.15) is 0 Å². The third-order valence-electron chi connectivity index (χ3n) is 3.89. The summed E-state index contributed by atoms with van der Waals surface area (Å²) >= 11 is 3.60. The van der Waals surface area contributed by atoms with Crippen LogP contribution in [0.25, 0.3) is 0 Å². The van der Waals surface area contributed by atoms with Crippen molar-refractivity contribution < 1.29 is 4.74 Å². The summed E-state index contributed by atoms with van der Waals surface area (Å²) in [6.45, 7) is 0.858. The summed E-state index contributed by atoms with van der Waals surface area (Å²) in [6, 6.07) is 15.3. The SMILES string of the molecule is COc1ccc(Br)c(CNC2Cc3ccccc3C2)c1. The summed E-state index contributed by atoms with van der Waals surface area (Å²) < 4.78 is 6.41. The van der Waals surface area contributed by atoms with Gasteiger partial charge in [-0.15, -0.1) is 0 Å². The molecule has 0 unspecified atom stereocenters. The Balaban J connectivity index is 1.64. The summed E-state index contributed by atoms with van der Waals surface area (Å²) in [6.07, 6.45) is 2.25. The normalized spacial score (nSPS) is 14.3. The van der Waals surface area contributed by atoms with Crippen LogP contribution in [0.5, 0.6) is 5.75 Å². The van der Waals surface area contributed by atoms with E-state index in [4.69, 9.17) is 4.74 Å². The Hall–Kier alpha value is -1.32. The van der Waals surface area contributed by atoms with Crippen molar-refractivity contribution in [3.8, 4) is 5.75 Å². The summed E-state index contributed by atoms with van der Waals surface area (Å²) in [5, 5.41) is 3.65. The zero-order valence-electron chi connectivity index (χ0n) is 11.5. The van der Waals surface area contributed by atoms with E-state index in [9.17, 15) is 0 Å². The fourth-order valence-electron chi connectivity index (χ4n) is 2.77. The molecule has 0 saturated carbocycles. The summed E-state index contributed by atoms with van der Waals surface area (Å²) in [5.74, 6) is 0.903. The highest BCUT2D eigenvalue weighted by molar-refractivity contribution is 9.10. The van der Waals surface area contributed by atoms with Gasteiger partial charge in [0, 0.05) is 17.1 Å². The average molecular weight is 332 g/mol. The number of methoxy groups -OCH3 is 1. The highest BCUT2D eigenvalue weighted by atomic mass is 79.9. The molecule has 0 aliphatic heterocycles. The first kappa shape index (κ1) is 13.7. The number of benzene rings is 2. The fourth-order valence-corrected chi connectivity index (χ4v) is 3.16.